The molecule has 2 aromatic carbocycles. The van der Waals surface area contributed by atoms with E-state index >= 15 is 0 Å². The van der Waals surface area contributed by atoms with Crippen molar-refractivity contribution in [2.24, 2.45) is 0 Å². The maximum absolute atomic E-state index is 13.0. The molecule has 0 aromatic heterocycles. The first-order valence-corrected chi connectivity index (χ1v) is 11.7. The van der Waals surface area contributed by atoms with Crippen LogP contribution < -0.4 is 20.3 Å². The number of anilines is 1. The molecule has 2 aliphatic heterocycles. The normalized spacial score (nSPS) is 18.9. The summed E-state index contributed by atoms with van der Waals surface area (Å²) in [5.74, 6) is 0.256. The van der Waals surface area contributed by atoms with Gasteiger partial charge in [-0.15, -0.1) is 0 Å². The van der Waals surface area contributed by atoms with Crippen LogP contribution in [-0.4, -0.2) is 63.3 Å². The summed E-state index contributed by atoms with van der Waals surface area (Å²) in [5, 5.41) is 6.44. The number of ether oxygens (including phenoxy) is 2. The number of hydrogen-bond acceptors (Lipinski definition) is 6. The highest BCUT2D eigenvalue weighted by Gasteiger charge is 2.34. The molecule has 0 spiro atoms. The molecule has 0 aliphatic carbocycles. The van der Waals surface area contributed by atoms with Gasteiger partial charge < -0.3 is 25.0 Å². The van der Waals surface area contributed by atoms with Gasteiger partial charge in [-0.3, -0.25) is 4.90 Å². The Balaban J connectivity index is 1.55. The van der Waals surface area contributed by atoms with Crippen molar-refractivity contribution in [1.29, 1.82) is 0 Å². The van der Waals surface area contributed by atoms with Gasteiger partial charge in [0.2, 0.25) is 0 Å². The lowest BCUT2D eigenvalue weighted by atomic mass is 9.94. The number of carbonyl (C=O) groups excluding carboxylic acids is 2. The predicted octanol–water partition coefficient (Wildman–Crippen LogP) is 3.34. The van der Waals surface area contributed by atoms with E-state index in [1.807, 2.05) is 30.3 Å². The molecule has 9 heteroatoms. The Hall–Kier alpha value is -3.23. The number of benzene rings is 2. The molecule has 4 rings (SSSR count). The molecule has 2 N–H and O–H groups in total. The highest BCUT2D eigenvalue weighted by Crippen LogP contribution is 2.30. The number of esters is 1. The number of amides is 2. The molecule has 1 fully saturated rings. The van der Waals surface area contributed by atoms with Gasteiger partial charge >= 0.3 is 12.0 Å². The number of rotatable bonds is 7. The largest absolute Gasteiger partial charge is 0.497 e. The Morgan fingerprint density at radius 2 is 1.85 bits per heavy atom. The number of nitrogens with one attached hydrogen (secondary N) is 2. The van der Waals surface area contributed by atoms with E-state index in [1.54, 1.807) is 26.2 Å². The van der Waals surface area contributed by atoms with Crippen LogP contribution in [0.5, 0.6) is 5.75 Å². The number of halogens is 1. The van der Waals surface area contributed by atoms with Crippen molar-refractivity contribution in [1.82, 2.24) is 15.5 Å². The third-order valence-corrected chi connectivity index (χ3v) is 6.26. The van der Waals surface area contributed by atoms with E-state index < -0.39 is 12.0 Å². The molecule has 2 aromatic rings. The molecule has 2 amide bonds. The lowest BCUT2D eigenvalue weighted by Gasteiger charge is -2.38. The summed E-state index contributed by atoms with van der Waals surface area (Å²) in [5.41, 5.74) is 2.86. The van der Waals surface area contributed by atoms with Gasteiger partial charge in [-0.25, -0.2) is 9.59 Å². The van der Waals surface area contributed by atoms with Gasteiger partial charge in [-0.2, -0.15) is 0 Å². The first-order valence-electron chi connectivity index (χ1n) is 11.3. The minimum Gasteiger partial charge on any atom is -0.497 e. The second-order valence-corrected chi connectivity index (χ2v) is 8.60. The number of urea groups is 1. The van der Waals surface area contributed by atoms with E-state index in [4.69, 9.17) is 21.1 Å². The number of carbonyl (C=O) groups is 2. The van der Waals surface area contributed by atoms with Gasteiger partial charge in [0.1, 0.15) is 5.75 Å². The fourth-order valence-corrected chi connectivity index (χ4v) is 4.48. The van der Waals surface area contributed by atoms with Gasteiger partial charge in [0.25, 0.3) is 0 Å². The second-order valence-electron chi connectivity index (χ2n) is 8.16. The SMILES string of the molecule is CCOC(=O)C1=C(CN2CCN(c3cccc(Cl)c3)CC2)NC(=O)NC1c1ccc(OC)cc1. The van der Waals surface area contributed by atoms with E-state index in [-0.39, 0.29) is 12.6 Å². The molecule has 34 heavy (non-hydrogen) atoms. The molecular formula is C25H29ClN4O4. The van der Waals surface area contributed by atoms with Crippen LogP contribution in [-0.2, 0) is 9.53 Å². The van der Waals surface area contributed by atoms with Crippen LogP contribution in [0.2, 0.25) is 5.02 Å². The predicted molar refractivity (Wildman–Crippen MR) is 131 cm³/mol. The van der Waals surface area contributed by atoms with Crippen LogP contribution in [0, 0.1) is 0 Å². The lowest BCUT2D eigenvalue weighted by molar-refractivity contribution is -0.139. The minimum absolute atomic E-state index is 0.247. The molecule has 1 atom stereocenters. The molecule has 180 valence electrons. The zero-order valence-corrected chi connectivity index (χ0v) is 20.1. The quantitative estimate of drug-likeness (QED) is 0.586. The van der Waals surface area contributed by atoms with Crippen molar-refractivity contribution >= 4 is 29.3 Å². The Kier molecular flexibility index (Phi) is 7.59. The van der Waals surface area contributed by atoms with Gasteiger partial charge in [0.15, 0.2) is 0 Å². The van der Waals surface area contributed by atoms with E-state index in [0.717, 1.165) is 37.4 Å². The van der Waals surface area contributed by atoms with Crippen molar-refractivity contribution < 1.29 is 19.1 Å². The van der Waals surface area contributed by atoms with Crippen molar-refractivity contribution in [3.63, 3.8) is 0 Å². The van der Waals surface area contributed by atoms with Crippen molar-refractivity contribution in [3.8, 4) is 5.75 Å². The average Bonchev–Trinajstić information content (AvgIpc) is 2.84. The first-order chi connectivity index (χ1) is 16.5. The third-order valence-electron chi connectivity index (χ3n) is 6.03. The highest BCUT2D eigenvalue weighted by atomic mass is 35.5. The lowest BCUT2D eigenvalue weighted by Crippen LogP contribution is -2.51. The zero-order chi connectivity index (χ0) is 24.1. The summed E-state index contributed by atoms with van der Waals surface area (Å²) in [7, 11) is 1.59. The summed E-state index contributed by atoms with van der Waals surface area (Å²) in [4.78, 5) is 30.1. The van der Waals surface area contributed by atoms with Crippen LogP contribution >= 0.6 is 11.6 Å². The van der Waals surface area contributed by atoms with Gasteiger partial charge in [-0.05, 0) is 42.8 Å². The van der Waals surface area contributed by atoms with Crippen LogP contribution in [0.3, 0.4) is 0 Å². The van der Waals surface area contributed by atoms with E-state index in [9.17, 15) is 9.59 Å². The number of piperazine rings is 1. The van der Waals surface area contributed by atoms with Crippen LogP contribution in [0.25, 0.3) is 0 Å². The molecule has 2 heterocycles. The molecule has 0 saturated carbocycles. The van der Waals surface area contributed by atoms with Crippen LogP contribution in [0.1, 0.15) is 18.5 Å². The topological polar surface area (TPSA) is 83.1 Å². The Morgan fingerprint density at radius 1 is 1.12 bits per heavy atom. The fourth-order valence-electron chi connectivity index (χ4n) is 4.30. The number of hydrogen-bond donors (Lipinski definition) is 2. The summed E-state index contributed by atoms with van der Waals surface area (Å²) < 4.78 is 10.6. The van der Waals surface area contributed by atoms with Crippen molar-refractivity contribution in [2.45, 2.75) is 13.0 Å². The summed E-state index contributed by atoms with van der Waals surface area (Å²) >= 11 is 6.15. The molecule has 0 bridgehead atoms. The van der Waals surface area contributed by atoms with E-state index in [2.05, 4.69) is 26.5 Å². The maximum atomic E-state index is 13.0. The van der Waals surface area contributed by atoms with Crippen molar-refractivity contribution in [2.75, 3.05) is 51.3 Å². The molecule has 0 radical (unpaired) electrons. The minimum atomic E-state index is -0.610. The summed E-state index contributed by atoms with van der Waals surface area (Å²) in [6.07, 6.45) is 0. The first kappa shape index (κ1) is 23.9. The average molecular weight is 485 g/mol. The highest BCUT2D eigenvalue weighted by molar-refractivity contribution is 6.30. The van der Waals surface area contributed by atoms with Crippen molar-refractivity contribution in [3.05, 3.63) is 70.4 Å². The maximum Gasteiger partial charge on any atom is 0.338 e. The number of methoxy groups -OCH3 is 1. The Morgan fingerprint density at radius 3 is 2.50 bits per heavy atom. The second kappa shape index (κ2) is 10.8. The smallest absolute Gasteiger partial charge is 0.338 e. The zero-order valence-electron chi connectivity index (χ0n) is 19.3. The monoisotopic (exact) mass is 484 g/mol. The summed E-state index contributed by atoms with van der Waals surface area (Å²) in [6, 6.07) is 14.2. The van der Waals surface area contributed by atoms with Gasteiger partial charge in [0.05, 0.1) is 25.3 Å². The molecular weight excluding hydrogens is 456 g/mol. The Bertz CT molecular complexity index is 1060. The van der Waals surface area contributed by atoms with Gasteiger partial charge in [-0.1, -0.05) is 29.8 Å². The van der Waals surface area contributed by atoms with E-state index in [1.165, 1.54) is 0 Å². The molecule has 2 aliphatic rings. The third kappa shape index (κ3) is 5.46. The van der Waals surface area contributed by atoms with Crippen LogP contribution in [0.4, 0.5) is 10.5 Å². The fraction of sp³-hybridized carbons (Fsp3) is 0.360. The number of nitrogens with zero attached hydrogens (tertiary/aromatic N) is 2. The summed E-state index contributed by atoms with van der Waals surface area (Å²) in [6.45, 7) is 5.65. The molecule has 1 saturated heterocycles. The Labute approximate surface area is 204 Å². The van der Waals surface area contributed by atoms with Crippen LogP contribution in [0.15, 0.2) is 59.8 Å². The van der Waals surface area contributed by atoms with Gasteiger partial charge in [0, 0.05) is 49.1 Å². The molecule has 1 unspecified atom stereocenters. The molecule has 8 nitrogen and oxygen atoms in total. The van der Waals surface area contributed by atoms with E-state index in [0.29, 0.717) is 28.6 Å². The standard InChI is InChI=1S/C25H29ClN4O4/c1-3-34-24(31)22-21(27-25(32)28-23(22)17-7-9-20(33-2)10-8-17)16-29-11-13-30(14-12-29)19-6-4-5-18(26)15-19/h4-10,15,23H,3,11-14,16H2,1-2H3,(H2,27,28,32).